The van der Waals surface area contributed by atoms with Crippen LogP contribution in [0.1, 0.15) is 53.2 Å². The van der Waals surface area contributed by atoms with E-state index in [2.05, 4.69) is 49.6 Å². The molecule has 158 valence electrons. The van der Waals surface area contributed by atoms with Crippen molar-refractivity contribution in [2.45, 2.75) is 32.9 Å². The third-order valence-corrected chi connectivity index (χ3v) is 6.53. The molecule has 1 aliphatic heterocycles. The lowest BCUT2D eigenvalue weighted by atomic mass is 10.0. The van der Waals surface area contributed by atoms with E-state index in [0.29, 0.717) is 15.5 Å². The van der Waals surface area contributed by atoms with Crippen molar-refractivity contribution in [2.24, 2.45) is 7.05 Å². The number of rotatable bonds is 3. The number of hydrogen-bond acceptors (Lipinski definition) is 4. The normalized spacial score (nSPS) is 16.0. The number of carbonyl (C=O) groups excluding carboxylic acids is 1. The molecule has 1 aliphatic rings. The van der Waals surface area contributed by atoms with Crippen LogP contribution < -0.4 is 4.90 Å². The summed E-state index contributed by atoms with van der Waals surface area (Å²) < 4.78 is 4.45. The van der Waals surface area contributed by atoms with E-state index in [1.807, 2.05) is 55.3 Å². The minimum absolute atomic E-state index is 0.124. The van der Waals surface area contributed by atoms with Crippen molar-refractivity contribution in [3.8, 4) is 0 Å². The van der Waals surface area contributed by atoms with Crippen LogP contribution in [0.25, 0.3) is 11.0 Å². The first kappa shape index (κ1) is 20.2. The van der Waals surface area contributed by atoms with Gasteiger partial charge in [0.25, 0.3) is 5.91 Å². The molecule has 0 aliphatic carbocycles. The van der Waals surface area contributed by atoms with Crippen molar-refractivity contribution in [3.05, 3.63) is 68.7 Å². The van der Waals surface area contributed by atoms with Gasteiger partial charge in [-0.1, -0.05) is 28.9 Å². The first-order valence-corrected chi connectivity index (χ1v) is 11.1. The summed E-state index contributed by atoms with van der Waals surface area (Å²) in [5, 5.41) is 9.03. The van der Waals surface area contributed by atoms with Crippen molar-refractivity contribution in [3.63, 3.8) is 0 Å². The van der Waals surface area contributed by atoms with Gasteiger partial charge in [0.05, 0.1) is 11.2 Å². The van der Waals surface area contributed by atoms with Crippen LogP contribution in [0, 0.1) is 6.92 Å². The fourth-order valence-corrected chi connectivity index (χ4v) is 5.22. The van der Waals surface area contributed by atoms with Gasteiger partial charge in [0, 0.05) is 23.8 Å². The molecule has 1 amide bonds. The highest BCUT2D eigenvalue weighted by Crippen LogP contribution is 2.44. The molecule has 0 spiro atoms. The van der Waals surface area contributed by atoms with Crippen LogP contribution in [0.2, 0.25) is 5.02 Å². The molecule has 0 radical (unpaired) electrons. The molecular formula is C22H20BrClN6O. The Morgan fingerprint density at radius 3 is 2.55 bits per heavy atom. The highest BCUT2D eigenvalue weighted by molar-refractivity contribution is 9.10. The number of halogens is 2. The Balaban J connectivity index is 1.77. The van der Waals surface area contributed by atoms with Gasteiger partial charge < -0.3 is 4.57 Å². The molecule has 0 saturated heterocycles. The zero-order valence-corrected chi connectivity index (χ0v) is 19.8. The number of nitrogens with zero attached hydrogens (tertiary/aromatic N) is 6. The van der Waals surface area contributed by atoms with Gasteiger partial charge >= 0.3 is 0 Å². The Bertz CT molecular complexity index is 1340. The molecule has 0 fully saturated rings. The van der Waals surface area contributed by atoms with Crippen molar-refractivity contribution in [1.29, 1.82) is 0 Å². The van der Waals surface area contributed by atoms with Gasteiger partial charge in [-0.25, -0.2) is 9.67 Å². The maximum absolute atomic E-state index is 13.7. The fourth-order valence-electron chi connectivity index (χ4n) is 4.32. The van der Waals surface area contributed by atoms with Gasteiger partial charge in [-0.05, 0) is 72.1 Å². The quantitative estimate of drug-likeness (QED) is 0.387. The Morgan fingerprint density at radius 2 is 1.87 bits per heavy atom. The van der Waals surface area contributed by atoms with E-state index in [9.17, 15) is 4.79 Å². The number of hydrogen-bond donors (Lipinski definition) is 0. The number of aryl methyl sites for hydroxylation is 2. The minimum Gasteiger partial charge on any atom is -0.317 e. The highest BCUT2D eigenvalue weighted by Gasteiger charge is 2.44. The third-order valence-electron chi connectivity index (χ3n) is 5.72. The van der Waals surface area contributed by atoms with Crippen LogP contribution in [-0.2, 0) is 7.05 Å². The molecule has 2 aromatic carbocycles. The van der Waals surface area contributed by atoms with E-state index < -0.39 is 0 Å². The lowest BCUT2D eigenvalue weighted by molar-refractivity contribution is 0.0989. The topological polar surface area (TPSA) is 68.8 Å². The number of carbonyl (C=O) groups is 1. The summed E-state index contributed by atoms with van der Waals surface area (Å²) in [6.07, 6.45) is 0. The molecular weight excluding hydrogens is 480 g/mol. The number of aromatic nitrogens is 5. The van der Waals surface area contributed by atoms with Crippen molar-refractivity contribution in [2.75, 3.05) is 4.90 Å². The van der Waals surface area contributed by atoms with Crippen LogP contribution in [0.15, 0.2) is 41.1 Å². The van der Waals surface area contributed by atoms with Crippen LogP contribution in [0.4, 0.5) is 5.69 Å². The second kappa shape index (κ2) is 7.17. The van der Waals surface area contributed by atoms with Gasteiger partial charge in [0.2, 0.25) is 0 Å². The average molecular weight is 500 g/mol. The monoisotopic (exact) mass is 498 g/mol. The summed E-state index contributed by atoms with van der Waals surface area (Å²) in [5.41, 5.74) is 5.73. The predicted molar refractivity (Wildman–Crippen MR) is 124 cm³/mol. The summed E-state index contributed by atoms with van der Waals surface area (Å²) in [4.78, 5) is 20.1. The first-order valence-electron chi connectivity index (χ1n) is 9.94. The molecule has 0 saturated carbocycles. The second-order valence-electron chi connectivity index (χ2n) is 8.05. The van der Waals surface area contributed by atoms with E-state index in [-0.39, 0.29) is 18.0 Å². The van der Waals surface area contributed by atoms with E-state index in [4.69, 9.17) is 11.6 Å². The lowest BCUT2D eigenvalue weighted by Gasteiger charge is -2.28. The number of benzene rings is 2. The molecule has 0 N–H and O–H groups in total. The van der Waals surface area contributed by atoms with Gasteiger partial charge in [-0.3, -0.25) is 9.69 Å². The third kappa shape index (κ3) is 3.00. The lowest BCUT2D eigenvalue weighted by Crippen LogP contribution is -2.30. The molecule has 0 bridgehead atoms. The molecule has 1 unspecified atom stereocenters. The molecule has 4 aromatic rings. The predicted octanol–water partition coefficient (Wildman–Crippen LogP) is 5.22. The van der Waals surface area contributed by atoms with E-state index in [1.54, 1.807) is 4.68 Å². The number of fused-ring (bicyclic) bond motifs is 2. The Hall–Kier alpha value is -2.71. The highest BCUT2D eigenvalue weighted by atomic mass is 79.9. The molecule has 1 atom stereocenters. The van der Waals surface area contributed by atoms with E-state index in [0.717, 1.165) is 33.5 Å². The Morgan fingerprint density at radius 1 is 1.16 bits per heavy atom. The second-order valence-corrected chi connectivity index (χ2v) is 9.20. The molecule has 5 rings (SSSR count). The summed E-state index contributed by atoms with van der Waals surface area (Å²) in [6, 6.07) is 11.4. The maximum Gasteiger partial charge on any atom is 0.279 e. The molecule has 3 heterocycles. The van der Waals surface area contributed by atoms with Gasteiger partial charge in [0.15, 0.2) is 10.4 Å². The number of imidazole rings is 1. The zero-order valence-electron chi connectivity index (χ0n) is 17.5. The van der Waals surface area contributed by atoms with Crippen LogP contribution in [0.3, 0.4) is 0 Å². The number of amides is 1. The molecule has 2 aromatic heterocycles. The summed E-state index contributed by atoms with van der Waals surface area (Å²) in [7, 11) is 1.85. The van der Waals surface area contributed by atoms with Crippen molar-refractivity contribution in [1.82, 2.24) is 24.5 Å². The van der Waals surface area contributed by atoms with E-state index in [1.165, 1.54) is 0 Å². The zero-order chi connectivity index (χ0) is 22.0. The largest absolute Gasteiger partial charge is 0.317 e. The maximum atomic E-state index is 13.7. The fraction of sp³-hybridized carbons (Fsp3) is 0.273. The van der Waals surface area contributed by atoms with Gasteiger partial charge in [-0.2, -0.15) is 0 Å². The molecule has 9 heteroatoms. The molecule has 7 nitrogen and oxygen atoms in total. The number of anilines is 1. The molecule has 31 heavy (non-hydrogen) atoms. The van der Waals surface area contributed by atoms with E-state index >= 15 is 0 Å². The van der Waals surface area contributed by atoms with Crippen LogP contribution >= 0.6 is 27.5 Å². The minimum atomic E-state index is -0.334. The standard InChI is InChI=1S/C22H20BrClN6O/c1-11(2)29-20-18(25-22(29)23)21(31)30(19(20)13-5-7-14(24)8-6-13)15-9-12(3)17-16(10-15)28(4)27-26-17/h5-11,19H,1-4H3. The summed E-state index contributed by atoms with van der Waals surface area (Å²) in [6.45, 7) is 6.14. The smallest absolute Gasteiger partial charge is 0.279 e. The Kier molecular flexibility index (Phi) is 4.67. The van der Waals surface area contributed by atoms with Crippen molar-refractivity contribution >= 4 is 50.2 Å². The average Bonchev–Trinajstić information content (AvgIpc) is 3.34. The SMILES string of the molecule is Cc1cc(N2C(=O)c3nc(Br)n(C(C)C)c3C2c2ccc(Cl)cc2)cc2c1nnn2C. The van der Waals surface area contributed by atoms with Gasteiger partial charge in [0.1, 0.15) is 11.6 Å². The van der Waals surface area contributed by atoms with Crippen LogP contribution in [0.5, 0.6) is 0 Å². The first-order chi connectivity index (χ1) is 14.8. The summed E-state index contributed by atoms with van der Waals surface area (Å²) >= 11 is 9.70. The van der Waals surface area contributed by atoms with Crippen LogP contribution in [-0.4, -0.2) is 30.5 Å². The Labute approximate surface area is 192 Å². The summed E-state index contributed by atoms with van der Waals surface area (Å²) in [5.74, 6) is -0.135. The van der Waals surface area contributed by atoms with Gasteiger partial charge in [-0.15, -0.1) is 5.10 Å². The van der Waals surface area contributed by atoms with Crippen molar-refractivity contribution < 1.29 is 4.79 Å².